The van der Waals surface area contributed by atoms with Crippen LogP contribution in [0.25, 0.3) is 0 Å². The van der Waals surface area contributed by atoms with E-state index in [-0.39, 0.29) is 48.5 Å². The van der Waals surface area contributed by atoms with Crippen molar-refractivity contribution in [3.63, 3.8) is 0 Å². The molecule has 3 rings (SSSR count). The Morgan fingerprint density at radius 3 is 2.36 bits per heavy atom. The monoisotopic (exact) mass is 522 g/mol. The minimum atomic E-state index is -1.09. The van der Waals surface area contributed by atoms with Crippen LogP contribution in [0.5, 0.6) is 5.75 Å². The van der Waals surface area contributed by atoms with Gasteiger partial charge in [0.1, 0.15) is 11.8 Å². The summed E-state index contributed by atoms with van der Waals surface area (Å²) in [6.07, 6.45) is 0.0568. The highest BCUT2D eigenvalue weighted by molar-refractivity contribution is 7.39. The standard InChI is InChI=1S/C22H27N4O9P/c27-16-5-4-14(19(29)25-16)26-20(30)13-2-1-3-15(18(13)21(26)31)35-12-17(28)23-6-8-33-10-11-34-9-7-24-22(32)36/h1-3,14H,4-12,36H2,(H,23,28)(H,24,32)(H,25,27,29). The number of nitrogens with one attached hydrogen (secondary N) is 3. The summed E-state index contributed by atoms with van der Waals surface area (Å²) in [5.41, 5.74) is -0.171. The van der Waals surface area contributed by atoms with Crippen LogP contribution in [-0.4, -0.2) is 92.2 Å². The van der Waals surface area contributed by atoms with Crippen molar-refractivity contribution in [1.82, 2.24) is 20.9 Å². The molecule has 0 radical (unpaired) electrons. The minimum absolute atomic E-state index is 0.0159. The van der Waals surface area contributed by atoms with E-state index in [2.05, 4.69) is 16.0 Å². The summed E-state index contributed by atoms with van der Waals surface area (Å²) in [5.74, 6) is -2.96. The Morgan fingerprint density at radius 2 is 1.69 bits per heavy atom. The molecule has 6 amide bonds. The van der Waals surface area contributed by atoms with Gasteiger partial charge in [0.05, 0.1) is 37.6 Å². The van der Waals surface area contributed by atoms with E-state index in [9.17, 15) is 28.8 Å². The van der Waals surface area contributed by atoms with Crippen molar-refractivity contribution in [3.05, 3.63) is 29.3 Å². The molecule has 194 valence electrons. The van der Waals surface area contributed by atoms with Gasteiger partial charge in [0.15, 0.2) is 6.61 Å². The number of imide groups is 2. The van der Waals surface area contributed by atoms with Gasteiger partial charge < -0.3 is 24.8 Å². The first-order chi connectivity index (χ1) is 17.3. The number of hydrogen-bond donors (Lipinski definition) is 3. The second kappa shape index (κ2) is 13.1. The molecule has 0 bridgehead atoms. The van der Waals surface area contributed by atoms with Crippen molar-refractivity contribution >= 4 is 44.4 Å². The molecule has 2 atom stereocenters. The molecule has 1 aromatic carbocycles. The van der Waals surface area contributed by atoms with Crippen LogP contribution in [0.2, 0.25) is 0 Å². The fourth-order valence-electron chi connectivity index (χ4n) is 3.63. The van der Waals surface area contributed by atoms with Gasteiger partial charge in [-0.3, -0.25) is 39.0 Å². The summed E-state index contributed by atoms with van der Waals surface area (Å²) in [6, 6.07) is 3.32. The van der Waals surface area contributed by atoms with E-state index in [4.69, 9.17) is 14.2 Å². The van der Waals surface area contributed by atoms with Gasteiger partial charge in [-0.1, -0.05) is 6.07 Å². The Bertz CT molecular complexity index is 1050. The van der Waals surface area contributed by atoms with Crippen molar-refractivity contribution in [2.45, 2.75) is 18.9 Å². The number of hydrogen-bond acceptors (Lipinski definition) is 9. The molecule has 2 aliphatic rings. The predicted molar refractivity (Wildman–Crippen MR) is 126 cm³/mol. The first kappa shape index (κ1) is 27.2. The fourth-order valence-corrected chi connectivity index (χ4v) is 3.77. The van der Waals surface area contributed by atoms with Crippen LogP contribution in [0.4, 0.5) is 4.79 Å². The van der Waals surface area contributed by atoms with Gasteiger partial charge in [-0.2, -0.15) is 0 Å². The average molecular weight is 522 g/mol. The molecule has 2 unspecified atom stereocenters. The van der Waals surface area contributed by atoms with E-state index in [1.807, 2.05) is 9.24 Å². The quantitative estimate of drug-likeness (QED) is 0.171. The summed E-state index contributed by atoms with van der Waals surface area (Å²) < 4.78 is 16.1. The molecule has 14 heteroatoms. The first-order valence-electron chi connectivity index (χ1n) is 11.2. The van der Waals surface area contributed by atoms with Crippen LogP contribution in [0.1, 0.15) is 33.6 Å². The molecule has 2 aliphatic heterocycles. The second-order valence-electron chi connectivity index (χ2n) is 7.78. The highest BCUT2D eigenvalue weighted by atomic mass is 31.0. The number of nitrogens with zero attached hydrogens (tertiary/aromatic N) is 1. The van der Waals surface area contributed by atoms with E-state index in [1.54, 1.807) is 0 Å². The molecular formula is C22H27N4O9P. The minimum Gasteiger partial charge on any atom is -0.483 e. The Labute approximate surface area is 208 Å². The first-order valence-corrected chi connectivity index (χ1v) is 11.8. The molecule has 36 heavy (non-hydrogen) atoms. The van der Waals surface area contributed by atoms with Crippen LogP contribution in [0.3, 0.4) is 0 Å². The molecule has 2 heterocycles. The van der Waals surface area contributed by atoms with Gasteiger partial charge in [-0.25, -0.2) is 0 Å². The van der Waals surface area contributed by atoms with Gasteiger partial charge in [-0.05, 0) is 27.8 Å². The molecule has 1 saturated heterocycles. The van der Waals surface area contributed by atoms with Crippen molar-refractivity contribution in [1.29, 1.82) is 0 Å². The lowest BCUT2D eigenvalue weighted by Crippen LogP contribution is -2.54. The third kappa shape index (κ3) is 7.06. The Balaban J connectivity index is 1.41. The van der Waals surface area contributed by atoms with Crippen molar-refractivity contribution < 1.29 is 43.0 Å². The van der Waals surface area contributed by atoms with Crippen LogP contribution in [0.15, 0.2) is 18.2 Å². The molecule has 0 saturated carbocycles. The van der Waals surface area contributed by atoms with Gasteiger partial charge in [0.25, 0.3) is 17.7 Å². The molecule has 0 aromatic heterocycles. The SMILES string of the molecule is O=C(P)NCCOCCOCCNC(=O)COc1cccc2c1C(=O)N(C1CCC(=O)NC1=O)C2=O. The lowest BCUT2D eigenvalue weighted by Gasteiger charge is -2.27. The number of piperidine rings is 1. The van der Waals surface area contributed by atoms with Gasteiger partial charge >= 0.3 is 0 Å². The smallest absolute Gasteiger partial charge is 0.266 e. The average Bonchev–Trinajstić information content (AvgIpc) is 3.09. The number of ether oxygens (including phenoxy) is 3. The summed E-state index contributed by atoms with van der Waals surface area (Å²) in [4.78, 5) is 73.0. The van der Waals surface area contributed by atoms with Crippen LogP contribution in [-0.2, 0) is 23.9 Å². The lowest BCUT2D eigenvalue weighted by molar-refractivity contribution is -0.136. The maximum Gasteiger partial charge on any atom is 0.266 e. The fraction of sp³-hybridized carbons (Fsp3) is 0.455. The maximum absolute atomic E-state index is 13.0. The summed E-state index contributed by atoms with van der Waals surface area (Å²) in [5, 5.41) is 7.31. The van der Waals surface area contributed by atoms with Gasteiger partial charge in [0, 0.05) is 19.5 Å². The Morgan fingerprint density at radius 1 is 1.00 bits per heavy atom. The number of amides is 6. The van der Waals surface area contributed by atoms with E-state index in [0.29, 0.717) is 26.4 Å². The van der Waals surface area contributed by atoms with Crippen LogP contribution < -0.4 is 20.7 Å². The van der Waals surface area contributed by atoms with E-state index < -0.39 is 42.2 Å². The summed E-state index contributed by atoms with van der Waals surface area (Å²) in [7, 11) is 2.01. The topological polar surface area (TPSA) is 169 Å². The van der Waals surface area contributed by atoms with Crippen LogP contribution >= 0.6 is 9.24 Å². The molecular weight excluding hydrogens is 495 g/mol. The maximum atomic E-state index is 13.0. The molecule has 13 nitrogen and oxygen atoms in total. The molecule has 1 fully saturated rings. The van der Waals surface area contributed by atoms with Crippen molar-refractivity contribution in [2.24, 2.45) is 0 Å². The number of carbonyl (C=O) groups is 6. The highest BCUT2D eigenvalue weighted by Gasteiger charge is 2.46. The zero-order chi connectivity index (χ0) is 26.1. The van der Waals surface area contributed by atoms with E-state index >= 15 is 0 Å². The Kier molecular flexibility index (Phi) is 9.86. The normalized spacial score (nSPS) is 17.0. The summed E-state index contributed by atoms with van der Waals surface area (Å²) >= 11 is 0. The third-order valence-electron chi connectivity index (χ3n) is 5.27. The zero-order valence-corrected chi connectivity index (χ0v) is 20.5. The largest absolute Gasteiger partial charge is 0.483 e. The van der Waals surface area contributed by atoms with Crippen molar-refractivity contribution in [2.75, 3.05) is 46.1 Å². The number of fused-ring (bicyclic) bond motifs is 1. The summed E-state index contributed by atoms with van der Waals surface area (Å²) in [6.45, 7) is 1.48. The van der Waals surface area contributed by atoms with Crippen LogP contribution in [0, 0.1) is 0 Å². The highest BCUT2D eigenvalue weighted by Crippen LogP contribution is 2.33. The molecule has 1 aromatic rings. The number of benzene rings is 1. The van der Waals surface area contributed by atoms with Gasteiger partial charge in [0.2, 0.25) is 17.5 Å². The number of rotatable bonds is 13. The molecule has 0 aliphatic carbocycles. The van der Waals surface area contributed by atoms with Gasteiger partial charge in [-0.15, -0.1) is 0 Å². The number of carbonyl (C=O) groups excluding carboxylic acids is 6. The molecule has 0 spiro atoms. The zero-order valence-electron chi connectivity index (χ0n) is 19.4. The Hall–Kier alpha value is -3.41. The van der Waals surface area contributed by atoms with Crippen molar-refractivity contribution in [3.8, 4) is 5.75 Å². The second-order valence-corrected chi connectivity index (χ2v) is 8.30. The lowest BCUT2D eigenvalue weighted by atomic mass is 10.0. The predicted octanol–water partition coefficient (Wildman–Crippen LogP) is -0.799. The molecule has 3 N–H and O–H groups in total. The van der Waals surface area contributed by atoms with E-state index in [0.717, 1.165) is 4.90 Å². The van der Waals surface area contributed by atoms with E-state index in [1.165, 1.54) is 18.2 Å². The third-order valence-corrected chi connectivity index (χ3v) is 5.48.